The van der Waals surface area contributed by atoms with Crippen LogP contribution < -0.4 is 22.3 Å². The number of amides is 2. The van der Waals surface area contributed by atoms with E-state index in [9.17, 15) is 19.2 Å². The number of nitrogens with one attached hydrogen (secondary N) is 1. The second kappa shape index (κ2) is 8.13. The molecular formula is C20H24N6O4. The van der Waals surface area contributed by atoms with E-state index in [-0.39, 0.29) is 36.3 Å². The molecule has 4 rings (SSSR count). The smallest absolute Gasteiger partial charge is 0.352 e. The van der Waals surface area contributed by atoms with Crippen molar-refractivity contribution in [3.05, 3.63) is 45.1 Å². The minimum Gasteiger partial charge on any atom is -0.368 e. The third kappa shape index (κ3) is 3.72. The Morgan fingerprint density at radius 3 is 2.60 bits per heavy atom. The van der Waals surface area contributed by atoms with Crippen LogP contribution in [0.2, 0.25) is 0 Å². The Hall–Kier alpha value is -3.43. The van der Waals surface area contributed by atoms with Crippen molar-refractivity contribution in [3.63, 3.8) is 0 Å². The highest BCUT2D eigenvalue weighted by Gasteiger charge is 2.20. The lowest BCUT2D eigenvalue weighted by molar-refractivity contribution is -0.122. The molecule has 3 aromatic rings. The number of rotatable bonds is 6. The minimum absolute atomic E-state index is 0.0682. The number of fused-ring (bicyclic) bond motifs is 3. The molecule has 2 heterocycles. The topological polar surface area (TPSA) is 133 Å². The monoisotopic (exact) mass is 412 g/mol. The largest absolute Gasteiger partial charge is 0.368 e. The van der Waals surface area contributed by atoms with E-state index < -0.39 is 18.1 Å². The lowest BCUT2D eigenvalue weighted by Gasteiger charge is -2.22. The third-order valence-corrected chi connectivity index (χ3v) is 5.52. The highest BCUT2D eigenvalue weighted by molar-refractivity contribution is 5.80. The van der Waals surface area contributed by atoms with E-state index in [1.54, 1.807) is 24.3 Å². The van der Waals surface area contributed by atoms with Gasteiger partial charge in [-0.3, -0.25) is 19.0 Å². The zero-order valence-electron chi connectivity index (χ0n) is 16.5. The molecule has 0 radical (unpaired) electrons. The van der Waals surface area contributed by atoms with Crippen molar-refractivity contribution in [1.82, 2.24) is 24.1 Å². The van der Waals surface area contributed by atoms with Crippen LogP contribution in [0.25, 0.3) is 16.7 Å². The molecule has 2 aromatic heterocycles. The van der Waals surface area contributed by atoms with E-state index in [0.29, 0.717) is 10.9 Å². The molecule has 1 aliphatic rings. The van der Waals surface area contributed by atoms with Gasteiger partial charge in [-0.15, -0.1) is 5.10 Å². The molecule has 1 aliphatic carbocycles. The zero-order valence-corrected chi connectivity index (χ0v) is 16.5. The van der Waals surface area contributed by atoms with Gasteiger partial charge in [0.1, 0.15) is 6.54 Å². The Balaban J connectivity index is 1.71. The van der Waals surface area contributed by atoms with Crippen LogP contribution in [0.4, 0.5) is 0 Å². The van der Waals surface area contributed by atoms with Crippen molar-refractivity contribution in [2.24, 2.45) is 5.73 Å². The molecule has 158 valence electrons. The number of hydrogen-bond donors (Lipinski definition) is 2. The first-order chi connectivity index (χ1) is 14.5. The van der Waals surface area contributed by atoms with Gasteiger partial charge in [0, 0.05) is 19.0 Å². The maximum Gasteiger partial charge on any atom is 0.352 e. The predicted molar refractivity (Wildman–Crippen MR) is 110 cm³/mol. The number of carbonyl (C=O) groups is 2. The van der Waals surface area contributed by atoms with Gasteiger partial charge >= 0.3 is 5.69 Å². The zero-order chi connectivity index (χ0) is 21.3. The molecule has 1 aromatic carbocycles. The molecule has 10 nitrogen and oxygen atoms in total. The SMILES string of the molecule is NC(=O)Cn1nc2n(CCC(=O)NC3CCCCC3)c(=O)c3ccccc3n2c1=O. The van der Waals surface area contributed by atoms with Crippen LogP contribution in [0, 0.1) is 0 Å². The summed E-state index contributed by atoms with van der Waals surface area (Å²) in [5.74, 6) is -0.778. The number of para-hydroxylation sites is 1. The fourth-order valence-electron chi connectivity index (χ4n) is 4.08. The predicted octanol–water partition coefficient (Wildman–Crippen LogP) is 0.135. The summed E-state index contributed by atoms with van der Waals surface area (Å²) in [6.07, 6.45) is 5.43. The summed E-state index contributed by atoms with van der Waals surface area (Å²) < 4.78 is 3.52. The number of primary amides is 1. The van der Waals surface area contributed by atoms with Crippen LogP contribution in [0.3, 0.4) is 0 Å². The van der Waals surface area contributed by atoms with Crippen molar-refractivity contribution in [2.45, 2.75) is 57.7 Å². The number of benzene rings is 1. The number of carbonyl (C=O) groups excluding carboxylic acids is 2. The van der Waals surface area contributed by atoms with Gasteiger partial charge in [0.15, 0.2) is 0 Å². The first-order valence-corrected chi connectivity index (χ1v) is 10.1. The number of nitrogens with zero attached hydrogens (tertiary/aromatic N) is 4. The van der Waals surface area contributed by atoms with E-state index in [4.69, 9.17) is 5.73 Å². The average molecular weight is 412 g/mol. The quantitative estimate of drug-likeness (QED) is 0.594. The fourth-order valence-corrected chi connectivity index (χ4v) is 4.08. The standard InChI is InChI=1S/C20H24N6O4/c21-16(27)12-25-20(30)26-15-9-5-4-8-14(15)18(29)24(19(26)23-25)11-10-17(28)22-13-6-2-1-3-7-13/h4-5,8-9,13H,1-3,6-7,10-12H2,(H2,21,27)(H,22,28). The summed E-state index contributed by atoms with van der Waals surface area (Å²) in [6, 6.07) is 6.85. The van der Waals surface area contributed by atoms with Gasteiger partial charge in [-0.2, -0.15) is 0 Å². The highest BCUT2D eigenvalue weighted by Crippen LogP contribution is 2.17. The number of hydrogen-bond acceptors (Lipinski definition) is 5. The van der Waals surface area contributed by atoms with E-state index in [0.717, 1.165) is 30.4 Å². The molecule has 3 N–H and O–H groups in total. The van der Waals surface area contributed by atoms with Gasteiger partial charge in [0.05, 0.1) is 10.9 Å². The van der Waals surface area contributed by atoms with E-state index in [2.05, 4.69) is 10.4 Å². The molecule has 1 saturated carbocycles. The Labute approximate surface area is 171 Å². The summed E-state index contributed by atoms with van der Waals surface area (Å²) in [4.78, 5) is 49.6. The number of aromatic nitrogens is 4. The van der Waals surface area contributed by atoms with E-state index >= 15 is 0 Å². The molecular weight excluding hydrogens is 388 g/mol. The van der Waals surface area contributed by atoms with Crippen LogP contribution in [0.5, 0.6) is 0 Å². The first kappa shape index (κ1) is 19.9. The van der Waals surface area contributed by atoms with Gasteiger partial charge in [-0.05, 0) is 25.0 Å². The molecule has 30 heavy (non-hydrogen) atoms. The van der Waals surface area contributed by atoms with Crippen LogP contribution in [0.1, 0.15) is 38.5 Å². The van der Waals surface area contributed by atoms with Crippen LogP contribution >= 0.6 is 0 Å². The molecule has 0 aliphatic heterocycles. The van der Waals surface area contributed by atoms with Crippen LogP contribution in [-0.2, 0) is 22.7 Å². The third-order valence-electron chi connectivity index (χ3n) is 5.52. The summed E-state index contributed by atoms with van der Waals surface area (Å²) in [6.45, 7) is -0.329. The van der Waals surface area contributed by atoms with Gasteiger partial charge in [0.2, 0.25) is 17.6 Å². The lowest BCUT2D eigenvalue weighted by Crippen LogP contribution is -2.37. The fraction of sp³-hybridized carbons (Fsp3) is 0.450. The van der Waals surface area contributed by atoms with Crippen molar-refractivity contribution in [2.75, 3.05) is 0 Å². The molecule has 0 unspecified atom stereocenters. The summed E-state index contributed by atoms with van der Waals surface area (Å²) in [5, 5.41) is 7.51. The number of aryl methyl sites for hydroxylation is 1. The van der Waals surface area contributed by atoms with E-state index in [1.807, 2.05) is 0 Å². The van der Waals surface area contributed by atoms with E-state index in [1.165, 1.54) is 15.4 Å². The molecule has 2 amide bonds. The molecule has 0 spiro atoms. The molecule has 0 atom stereocenters. The highest BCUT2D eigenvalue weighted by atomic mass is 16.2. The second-order valence-electron chi connectivity index (χ2n) is 7.67. The second-order valence-corrected chi connectivity index (χ2v) is 7.67. The Kier molecular flexibility index (Phi) is 5.39. The Morgan fingerprint density at radius 1 is 1.13 bits per heavy atom. The molecule has 10 heteroatoms. The van der Waals surface area contributed by atoms with Gasteiger partial charge < -0.3 is 11.1 Å². The Bertz CT molecular complexity index is 1230. The lowest BCUT2D eigenvalue weighted by atomic mass is 9.95. The maximum atomic E-state index is 13.1. The Morgan fingerprint density at radius 2 is 1.87 bits per heavy atom. The number of nitrogens with two attached hydrogens (primary N) is 1. The maximum absolute atomic E-state index is 13.1. The van der Waals surface area contributed by atoms with Gasteiger partial charge in [-0.1, -0.05) is 31.4 Å². The van der Waals surface area contributed by atoms with Crippen molar-refractivity contribution >= 4 is 28.5 Å². The normalized spacial score (nSPS) is 14.9. The molecule has 1 fully saturated rings. The first-order valence-electron chi connectivity index (χ1n) is 10.1. The van der Waals surface area contributed by atoms with Crippen molar-refractivity contribution < 1.29 is 9.59 Å². The minimum atomic E-state index is -0.717. The van der Waals surface area contributed by atoms with Crippen LogP contribution in [-0.4, -0.2) is 36.6 Å². The van der Waals surface area contributed by atoms with Crippen molar-refractivity contribution in [1.29, 1.82) is 0 Å². The van der Waals surface area contributed by atoms with Crippen LogP contribution in [0.15, 0.2) is 33.9 Å². The van der Waals surface area contributed by atoms with Crippen molar-refractivity contribution in [3.8, 4) is 0 Å². The van der Waals surface area contributed by atoms with Gasteiger partial charge in [-0.25, -0.2) is 13.9 Å². The van der Waals surface area contributed by atoms with Gasteiger partial charge in [0.25, 0.3) is 5.56 Å². The molecule has 0 saturated heterocycles. The summed E-state index contributed by atoms with van der Waals surface area (Å²) in [5.41, 5.74) is 4.69. The molecule has 0 bridgehead atoms. The average Bonchev–Trinajstić information content (AvgIpc) is 3.04. The summed E-state index contributed by atoms with van der Waals surface area (Å²) >= 11 is 0. The summed E-state index contributed by atoms with van der Waals surface area (Å²) in [7, 11) is 0.